The van der Waals surface area contributed by atoms with Crippen molar-refractivity contribution in [2.24, 2.45) is 0 Å². The summed E-state index contributed by atoms with van der Waals surface area (Å²) >= 11 is 5.97. The predicted octanol–water partition coefficient (Wildman–Crippen LogP) is 4.61. The summed E-state index contributed by atoms with van der Waals surface area (Å²) in [6.45, 7) is 3.40. The van der Waals surface area contributed by atoms with E-state index in [1.807, 2.05) is 24.3 Å². The van der Waals surface area contributed by atoms with Gasteiger partial charge in [0, 0.05) is 11.6 Å². The Labute approximate surface area is 130 Å². The minimum atomic E-state index is 0.581. The summed E-state index contributed by atoms with van der Waals surface area (Å²) in [5, 5.41) is 12.9. The molecule has 0 fully saturated rings. The van der Waals surface area contributed by atoms with Crippen molar-refractivity contribution in [2.45, 2.75) is 19.9 Å². The van der Waals surface area contributed by atoms with Crippen LogP contribution in [-0.2, 0) is 6.54 Å². The maximum absolute atomic E-state index is 9.09. The molecular formula is C17H17ClN2O. The molecule has 0 spiro atoms. The van der Waals surface area contributed by atoms with Gasteiger partial charge in [-0.1, -0.05) is 30.7 Å². The number of rotatable bonds is 6. The van der Waals surface area contributed by atoms with Crippen molar-refractivity contribution >= 4 is 17.3 Å². The molecule has 1 N–H and O–H groups in total. The number of hydrogen-bond acceptors (Lipinski definition) is 3. The number of anilines is 1. The molecule has 0 heterocycles. The largest absolute Gasteiger partial charge is 0.494 e. The van der Waals surface area contributed by atoms with E-state index in [0.717, 1.165) is 23.4 Å². The average Bonchev–Trinajstić information content (AvgIpc) is 2.51. The van der Waals surface area contributed by atoms with E-state index in [1.54, 1.807) is 18.2 Å². The van der Waals surface area contributed by atoms with Gasteiger partial charge in [-0.05, 0) is 42.3 Å². The van der Waals surface area contributed by atoms with Crippen molar-refractivity contribution in [1.82, 2.24) is 0 Å². The number of ether oxygens (including phenoxy) is 1. The lowest BCUT2D eigenvalue weighted by Gasteiger charge is -2.10. The Bertz CT molecular complexity index is 649. The molecule has 0 unspecified atom stereocenters. The first kappa shape index (κ1) is 15.2. The van der Waals surface area contributed by atoms with Crippen molar-refractivity contribution in [3.63, 3.8) is 0 Å². The fourth-order valence-corrected chi connectivity index (χ4v) is 2.09. The molecule has 2 aromatic rings. The highest BCUT2D eigenvalue weighted by atomic mass is 35.5. The van der Waals surface area contributed by atoms with Gasteiger partial charge >= 0.3 is 0 Å². The van der Waals surface area contributed by atoms with Crippen LogP contribution < -0.4 is 10.1 Å². The lowest BCUT2D eigenvalue weighted by atomic mass is 10.1. The molecule has 0 radical (unpaired) electrons. The average molecular weight is 301 g/mol. The summed E-state index contributed by atoms with van der Waals surface area (Å²) in [7, 11) is 0. The SMILES string of the molecule is CCCOc1cccc(CNc2cc(Cl)ccc2C#N)c1. The Kier molecular flexibility index (Phi) is 5.48. The molecule has 0 saturated carbocycles. The fourth-order valence-electron chi connectivity index (χ4n) is 1.92. The monoisotopic (exact) mass is 300 g/mol. The van der Waals surface area contributed by atoms with Crippen molar-refractivity contribution in [1.29, 1.82) is 5.26 Å². The maximum atomic E-state index is 9.09. The molecule has 108 valence electrons. The number of benzene rings is 2. The highest BCUT2D eigenvalue weighted by Gasteiger charge is 2.03. The summed E-state index contributed by atoms with van der Waals surface area (Å²) in [6, 6.07) is 15.3. The Balaban J connectivity index is 2.06. The van der Waals surface area contributed by atoms with Crippen LogP contribution in [0.25, 0.3) is 0 Å². The van der Waals surface area contributed by atoms with E-state index in [1.165, 1.54) is 0 Å². The van der Waals surface area contributed by atoms with Crippen LogP contribution in [0.2, 0.25) is 5.02 Å². The summed E-state index contributed by atoms with van der Waals surface area (Å²) in [5.74, 6) is 0.864. The molecule has 0 aliphatic rings. The zero-order valence-corrected chi connectivity index (χ0v) is 12.7. The second-order valence-electron chi connectivity index (χ2n) is 4.65. The Morgan fingerprint density at radius 3 is 2.86 bits per heavy atom. The third-order valence-corrected chi connectivity index (χ3v) is 3.19. The molecular weight excluding hydrogens is 284 g/mol. The van der Waals surface area contributed by atoms with E-state index < -0.39 is 0 Å². The Hall–Kier alpha value is -2.18. The van der Waals surface area contributed by atoms with Crippen molar-refractivity contribution in [3.8, 4) is 11.8 Å². The minimum absolute atomic E-state index is 0.581. The number of nitrogens with zero attached hydrogens (tertiary/aromatic N) is 1. The molecule has 3 nitrogen and oxygen atoms in total. The van der Waals surface area contributed by atoms with Gasteiger partial charge in [0.2, 0.25) is 0 Å². The van der Waals surface area contributed by atoms with Crippen LogP contribution in [0, 0.1) is 11.3 Å². The third-order valence-electron chi connectivity index (χ3n) is 2.96. The molecule has 21 heavy (non-hydrogen) atoms. The maximum Gasteiger partial charge on any atom is 0.119 e. The lowest BCUT2D eigenvalue weighted by molar-refractivity contribution is 0.317. The van der Waals surface area contributed by atoms with E-state index in [9.17, 15) is 0 Å². The van der Waals surface area contributed by atoms with Crippen molar-refractivity contribution in [2.75, 3.05) is 11.9 Å². The summed E-state index contributed by atoms with van der Waals surface area (Å²) < 4.78 is 5.61. The van der Waals surface area contributed by atoms with Crippen LogP contribution in [0.1, 0.15) is 24.5 Å². The standard InChI is InChI=1S/C17H17ClN2O/c1-2-8-21-16-5-3-4-13(9-16)12-20-17-10-15(18)7-6-14(17)11-19/h3-7,9-10,20H,2,8,12H2,1H3. The van der Waals surface area contributed by atoms with Gasteiger partial charge in [-0.25, -0.2) is 0 Å². The molecule has 0 aliphatic carbocycles. The van der Waals surface area contributed by atoms with E-state index in [4.69, 9.17) is 21.6 Å². The van der Waals surface area contributed by atoms with Gasteiger partial charge in [0.25, 0.3) is 0 Å². The highest BCUT2D eigenvalue weighted by Crippen LogP contribution is 2.22. The number of hydrogen-bond donors (Lipinski definition) is 1. The van der Waals surface area contributed by atoms with Gasteiger partial charge < -0.3 is 10.1 Å². The second-order valence-corrected chi connectivity index (χ2v) is 5.09. The summed E-state index contributed by atoms with van der Waals surface area (Å²) in [5.41, 5.74) is 2.41. The quantitative estimate of drug-likeness (QED) is 0.847. The van der Waals surface area contributed by atoms with Crippen LogP contribution in [0.15, 0.2) is 42.5 Å². The molecule has 2 rings (SSSR count). The van der Waals surface area contributed by atoms with Gasteiger partial charge in [0.05, 0.1) is 17.9 Å². The molecule has 0 aliphatic heterocycles. The predicted molar refractivity (Wildman–Crippen MR) is 85.7 cm³/mol. The summed E-state index contributed by atoms with van der Waals surface area (Å²) in [4.78, 5) is 0. The van der Waals surface area contributed by atoms with Crippen LogP contribution in [0.4, 0.5) is 5.69 Å². The third kappa shape index (κ3) is 4.40. The van der Waals surface area contributed by atoms with Gasteiger partial charge in [-0.15, -0.1) is 0 Å². The normalized spacial score (nSPS) is 9.95. The van der Waals surface area contributed by atoms with E-state index in [0.29, 0.717) is 23.7 Å². The second kappa shape index (κ2) is 7.56. The zero-order valence-electron chi connectivity index (χ0n) is 11.9. The molecule has 2 aromatic carbocycles. The van der Waals surface area contributed by atoms with Crippen LogP contribution >= 0.6 is 11.6 Å². The van der Waals surface area contributed by atoms with Crippen LogP contribution in [0.5, 0.6) is 5.75 Å². The first-order chi connectivity index (χ1) is 10.2. The Morgan fingerprint density at radius 1 is 1.24 bits per heavy atom. The van der Waals surface area contributed by atoms with Crippen molar-refractivity contribution < 1.29 is 4.74 Å². The fraction of sp³-hybridized carbons (Fsp3) is 0.235. The molecule has 0 atom stereocenters. The van der Waals surface area contributed by atoms with Gasteiger partial charge in [-0.3, -0.25) is 0 Å². The number of nitriles is 1. The van der Waals surface area contributed by atoms with Crippen LogP contribution in [0.3, 0.4) is 0 Å². The zero-order chi connectivity index (χ0) is 15.1. The Morgan fingerprint density at radius 2 is 2.10 bits per heavy atom. The molecule has 0 aromatic heterocycles. The molecule has 0 amide bonds. The molecule has 0 saturated heterocycles. The minimum Gasteiger partial charge on any atom is -0.494 e. The van der Waals surface area contributed by atoms with E-state index in [-0.39, 0.29) is 0 Å². The van der Waals surface area contributed by atoms with E-state index in [2.05, 4.69) is 18.3 Å². The highest BCUT2D eigenvalue weighted by molar-refractivity contribution is 6.30. The topological polar surface area (TPSA) is 45.0 Å². The first-order valence-corrected chi connectivity index (χ1v) is 7.26. The van der Waals surface area contributed by atoms with Gasteiger partial charge in [0.15, 0.2) is 0 Å². The van der Waals surface area contributed by atoms with Gasteiger partial charge in [0.1, 0.15) is 11.8 Å². The molecule has 4 heteroatoms. The van der Waals surface area contributed by atoms with Crippen LogP contribution in [-0.4, -0.2) is 6.61 Å². The molecule has 0 bridgehead atoms. The number of halogens is 1. The first-order valence-electron chi connectivity index (χ1n) is 6.88. The van der Waals surface area contributed by atoms with Crippen molar-refractivity contribution in [3.05, 3.63) is 58.6 Å². The van der Waals surface area contributed by atoms with Gasteiger partial charge in [-0.2, -0.15) is 5.26 Å². The smallest absolute Gasteiger partial charge is 0.119 e. The lowest BCUT2D eigenvalue weighted by Crippen LogP contribution is -2.02. The van der Waals surface area contributed by atoms with E-state index >= 15 is 0 Å². The summed E-state index contributed by atoms with van der Waals surface area (Å²) in [6.07, 6.45) is 0.983. The number of nitrogens with one attached hydrogen (secondary N) is 1.